The summed E-state index contributed by atoms with van der Waals surface area (Å²) in [5.74, 6) is 0. The van der Waals surface area contributed by atoms with Crippen LogP contribution in [0.25, 0.3) is 21.3 Å². The lowest BCUT2D eigenvalue weighted by Crippen LogP contribution is -2.12. The summed E-state index contributed by atoms with van der Waals surface area (Å²) in [5.41, 5.74) is 2.30. The van der Waals surface area contributed by atoms with Gasteiger partial charge in [-0.3, -0.25) is 0 Å². The van der Waals surface area contributed by atoms with Crippen molar-refractivity contribution in [2.45, 2.75) is 13.0 Å². The summed E-state index contributed by atoms with van der Waals surface area (Å²) in [6.07, 6.45) is 0. The summed E-state index contributed by atoms with van der Waals surface area (Å²) >= 11 is 1.70. The third-order valence-corrected chi connectivity index (χ3v) is 4.30. The Morgan fingerprint density at radius 1 is 1.11 bits per heavy atom. The predicted octanol–water partition coefficient (Wildman–Crippen LogP) is 4.24. The van der Waals surface area contributed by atoms with Gasteiger partial charge < -0.3 is 5.32 Å². The maximum atomic E-state index is 4.71. The molecular formula is C16H16N2S. The number of nitrogens with zero attached hydrogens (tertiary/aromatic N) is 1. The minimum atomic E-state index is 0.297. The highest BCUT2D eigenvalue weighted by Crippen LogP contribution is 2.28. The number of fused-ring (bicyclic) bond motifs is 1. The average Bonchev–Trinajstić information content (AvgIpc) is 2.95. The smallest absolute Gasteiger partial charge is 0.123 e. The van der Waals surface area contributed by atoms with Crippen LogP contribution in [0.1, 0.15) is 18.7 Å². The van der Waals surface area contributed by atoms with Gasteiger partial charge in [0.1, 0.15) is 5.01 Å². The van der Waals surface area contributed by atoms with Gasteiger partial charge in [0, 0.05) is 17.0 Å². The van der Waals surface area contributed by atoms with E-state index in [9.17, 15) is 0 Å². The Kier molecular flexibility index (Phi) is 3.32. The number of thiazole rings is 1. The predicted molar refractivity (Wildman–Crippen MR) is 82.5 cm³/mol. The van der Waals surface area contributed by atoms with Crippen LogP contribution in [0.5, 0.6) is 0 Å². The van der Waals surface area contributed by atoms with E-state index in [4.69, 9.17) is 4.98 Å². The number of benzene rings is 2. The summed E-state index contributed by atoms with van der Waals surface area (Å²) in [4.78, 5) is 4.71. The largest absolute Gasteiger partial charge is 0.312 e. The minimum absolute atomic E-state index is 0.297. The molecule has 3 heteroatoms. The van der Waals surface area contributed by atoms with Crippen LogP contribution in [0, 0.1) is 0 Å². The van der Waals surface area contributed by atoms with Crippen LogP contribution in [0.15, 0.2) is 47.8 Å². The lowest BCUT2D eigenvalue weighted by atomic mass is 10.1. The molecule has 2 nitrogen and oxygen atoms in total. The molecule has 0 aliphatic rings. The van der Waals surface area contributed by atoms with Crippen molar-refractivity contribution in [3.8, 4) is 10.6 Å². The van der Waals surface area contributed by atoms with Gasteiger partial charge in [-0.15, -0.1) is 11.3 Å². The maximum absolute atomic E-state index is 4.71. The highest BCUT2D eigenvalue weighted by Gasteiger charge is 2.09. The van der Waals surface area contributed by atoms with Gasteiger partial charge in [0.15, 0.2) is 0 Å². The van der Waals surface area contributed by atoms with E-state index in [1.54, 1.807) is 11.3 Å². The van der Waals surface area contributed by atoms with Crippen molar-refractivity contribution < 1.29 is 0 Å². The van der Waals surface area contributed by atoms with Crippen molar-refractivity contribution >= 4 is 22.1 Å². The molecule has 0 radical (unpaired) electrons. The van der Waals surface area contributed by atoms with Crippen molar-refractivity contribution in [3.05, 3.63) is 53.5 Å². The standard InChI is InChI=1S/C16H16N2S/c1-11(17-2)15-10-19-16(18-15)14-8-7-12-5-3-4-6-13(12)9-14/h3-11,17H,1-2H3. The Hall–Kier alpha value is -1.71. The molecular weight excluding hydrogens is 252 g/mol. The quantitative estimate of drug-likeness (QED) is 0.768. The van der Waals surface area contributed by atoms with Crippen LogP contribution >= 0.6 is 11.3 Å². The molecule has 0 aliphatic carbocycles. The van der Waals surface area contributed by atoms with Crippen molar-refractivity contribution in [1.29, 1.82) is 0 Å². The fourth-order valence-electron chi connectivity index (χ4n) is 2.09. The molecule has 1 heterocycles. The van der Waals surface area contributed by atoms with Crippen molar-refractivity contribution in [1.82, 2.24) is 10.3 Å². The Labute approximate surface area is 117 Å². The van der Waals surface area contributed by atoms with Crippen LogP contribution in [0.2, 0.25) is 0 Å². The highest BCUT2D eigenvalue weighted by atomic mass is 32.1. The number of hydrogen-bond donors (Lipinski definition) is 1. The summed E-state index contributed by atoms with van der Waals surface area (Å²) in [6.45, 7) is 2.12. The topological polar surface area (TPSA) is 24.9 Å². The first-order valence-corrected chi connectivity index (χ1v) is 7.28. The van der Waals surface area contributed by atoms with Crippen LogP contribution in [0.3, 0.4) is 0 Å². The lowest BCUT2D eigenvalue weighted by molar-refractivity contribution is 0.637. The zero-order valence-electron chi connectivity index (χ0n) is 11.1. The molecule has 0 fully saturated rings. The van der Waals surface area contributed by atoms with E-state index in [1.165, 1.54) is 16.3 Å². The fourth-order valence-corrected chi connectivity index (χ4v) is 3.00. The molecule has 0 aliphatic heterocycles. The van der Waals surface area contributed by atoms with Crippen LogP contribution in [0.4, 0.5) is 0 Å². The molecule has 0 amide bonds. The van der Waals surface area contributed by atoms with Gasteiger partial charge in [0.05, 0.1) is 5.69 Å². The first-order valence-electron chi connectivity index (χ1n) is 6.40. The molecule has 0 spiro atoms. The van der Waals surface area contributed by atoms with Gasteiger partial charge in [-0.2, -0.15) is 0 Å². The lowest BCUT2D eigenvalue weighted by Gasteiger charge is -2.05. The second kappa shape index (κ2) is 5.11. The van der Waals surface area contributed by atoms with Crippen molar-refractivity contribution in [3.63, 3.8) is 0 Å². The second-order valence-electron chi connectivity index (χ2n) is 4.65. The molecule has 0 saturated carbocycles. The van der Waals surface area contributed by atoms with E-state index in [-0.39, 0.29) is 0 Å². The number of aromatic nitrogens is 1. The molecule has 0 saturated heterocycles. The summed E-state index contributed by atoms with van der Waals surface area (Å²) in [7, 11) is 1.96. The van der Waals surface area contributed by atoms with E-state index in [2.05, 4.69) is 60.1 Å². The van der Waals surface area contributed by atoms with E-state index in [0.29, 0.717) is 6.04 Å². The molecule has 0 bridgehead atoms. The summed E-state index contributed by atoms with van der Waals surface area (Å²) in [6, 6.07) is 15.2. The Morgan fingerprint density at radius 2 is 1.89 bits per heavy atom. The van der Waals surface area contributed by atoms with Gasteiger partial charge in [-0.25, -0.2) is 4.98 Å². The van der Waals surface area contributed by atoms with E-state index < -0.39 is 0 Å². The fraction of sp³-hybridized carbons (Fsp3) is 0.188. The van der Waals surface area contributed by atoms with Gasteiger partial charge in [-0.05, 0) is 30.8 Å². The minimum Gasteiger partial charge on any atom is -0.312 e. The Morgan fingerprint density at radius 3 is 2.68 bits per heavy atom. The molecule has 1 atom stereocenters. The van der Waals surface area contributed by atoms with Crippen molar-refractivity contribution in [2.75, 3.05) is 7.05 Å². The summed E-state index contributed by atoms with van der Waals surface area (Å²) < 4.78 is 0. The molecule has 96 valence electrons. The van der Waals surface area contributed by atoms with Gasteiger partial charge in [0.2, 0.25) is 0 Å². The van der Waals surface area contributed by atoms with Crippen LogP contribution < -0.4 is 5.32 Å². The first-order chi connectivity index (χ1) is 9.28. The van der Waals surface area contributed by atoms with E-state index in [1.807, 2.05) is 7.05 Å². The zero-order chi connectivity index (χ0) is 13.2. The third kappa shape index (κ3) is 2.39. The van der Waals surface area contributed by atoms with Gasteiger partial charge in [0.25, 0.3) is 0 Å². The SMILES string of the molecule is CNC(C)c1csc(-c2ccc3ccccc3c2)n1. The maximum Gasteiger partial charge on any atom is 0.123 e. The van der Waals surface area contributed by atoms with Crippen LogP contribution in [-0.4, -0.2) is 12.0 Å². The average molecular weight is 268 g/mol. The summed E-state index contributed by atoms with van der Waals surface area (Å²) in [5, 5.41) is 8.97. The van der Waals surface area contributed by atoms with Crippen LogP contribution in [-0.2, 0) is 0 Å². The molecule has 3 rings (SSSR count). The highest BCUT2D eigenvalue weighted by molar-refractivity contribution is 7.13. The van der Waals surface area contributed by atoms with Gasteiger partial charge in [-0.1, -0.05) is 36.4 Å². The molecule has 3 aromatic rings. The Balaban J connectivity index is 2.01. The number of nitrogens with one attached hydrogen (secondary N) is 1. The first kappa shape index (κ1) is 12.3. The normalized spacial score (nSPS) is 12.7. The number of hydrogen-bond acceptors (Lipinski definition) is 3. The van der Waals surface area contributed by atoms with Gasteiger partial charge >= 0.3 is 0 Å². The zero-order valence-corrected chi connectivity index (χ0v) is 11.9. The second-order valence-corrected chi connectivity index (χ2v) is 5.51. The third-order valence-electron chi connectivity index (χ3n) is 3.40. The van der Waals surface area contributed by atoms with Crippen molar-refractivity contribution in [2.24, 2.45) is 0 Å². The molecule has 1 N–H and O–H groups in total. The van der Waals surface area contributed by atoms with E-state index >= 15 is 0 Å². The van der Waals surface area contributed by atoms with E-state index in [0.717, 1.165) is 10.7 Å². The molecule has 1 aromatic heterocycles. The number of rotatable bonds is 3. The monoisotopic (exact) mass is 268 g/mol. The molecule has 1 unspecified atom stereocenters. The molecule has 2 aromatic carbocycles. The molecule has 19 heavy (non-hydrogen) atoms. The Bertz CT molecular complexity index is 703.